The Morgan fingerprint density at radius 2 is 2.09 bits per heavy atom. The third-order valence-electron chi connectivity index (χ3n) is 3.98. The minimum absolute atomic E-state index is 0.0584. The second-order valence-corrected chi connectivity index (χ2v) is 6.35. The minimum Gasteiger partial charge on any atom is -0.455 e. The number of benzene rings is 1. The number of furan rings is 1. The van der Waals surface area contributed by atoms with Gasteiger partial charge in [0.15, 0.2) is 5.76 Å². The van der Waals surface area contributed by atoms with E-state index < -0.39 is 0 Å². The zero-order valence-electron chi connectivity index (χ0n) is 12.4. The van der Waals surface area contributed by atoms with Gasteiger partial charge in [-0.25, -0.2) is 4.39 Å². The third kappa shape index (κ3) is 3.19. The van der Waals surface area contributed by atoms with Crippen molar-refractivity contribution in [3.63, 3.8) is 0 Å². The molecule has 0 saturated carbocycles. The SMILES string of the molecule is CSCc1ccc(C(=O)N2CCC(c3ccc(F)cc3)C2)o1. The van der Waals surface area contributed by atoms with Crippen molar-refractivity contribution in [2.24, 2.45) is 0 Å². The maximum absolute atomic E-state index is 13.0. The van der Waals surface area contributed by atoms with Crippen LogP contribution < -0.4 is 0 Å². The summed E-state index contributed by atoms with van der Waals surface area (Å²) in [6.07, 6.45) is 2.90. The Bertz CT molecular complexity index is 653. The molecule has 1 fully saturated rings. The highest BCUT2D eigenvalue weighted by atomic mass is 32.2. The molecule has 5 heteroatoms. The predicted molar refractivity (Wildman–Crippen MR) is 85.6 cm³/mol. The number of thioether (sulfide) groups is 1. The fourth-order valence-corrected chi connectivity index (χ4v) is 3.26. The first-order valence-corrected chi connectivity index (χ1v) is 8.69. The summed E-state index contributed by atoms with van der Waals surface area (Å²) in [5, 5.41) is 0. The van der Waals surface area contributed by atoms with Crippen LogP contribution in [0.25, 0.3) is 0 Å². The summed E-state index contributed by atoms with van der Waals surface area (Å²) < 4.78 is 18.6. The first-order valence-electron chi connectivity index (χ1n) is 7.30. The van der Waals surface area contributed by atoms with Gasteiger partial charge >= 0.3 is 0 Å². The third-order valence-corrected chi connectivity index (χ3v) is 4.55. The lowest BCUT2D eigenvalue weighted by molar-refractivity contribution is 0.0757. The van der Waals surface area contributed by atoms with E-state index in [0.717, 1.165) is 23.5 Å². The van der Waals surface area contributed by atoms with Crippen LogP contribution in [0.1, 0.15) is 34.2 Å². The van der Waals surface area contributed by atoms with E-state index in [2.05, 4.69) is 0 Å². The smallest absolute Gasteiger partial charge is 0.289 e. The Kier molecular flexibility index (Phi) is 4.52. The van der Waals surface area contributed by atoms with E-state index in [1.54, 1.807) is 30.0 Å². The molecule has 1 atom stereocenters. The zero-order chi connectivity index (χ0) is 15.5. The molecule has 22 heavy (non-hydrogen) atoms. The van der Waals surface area contributed by atoms with Crippen molar-refractivity contribution in [2.45, 2.75) is 18.1 Å². The van der Waals surface area contributed by atoms with Gasteiger partial charge in [0, 0.05) is 19.0 Å². The van der Waals surface area contributed by atoms with Crippen LogP contribution in [0.4, 0.5) is 4.39 Å². The molecule has 3 rings (SSSR count). The van der Waals surface area contributed by atoms with Crippen molar-refractivity contribution >= 4 is 17.7 Å². The molecule has 0 spiro atoms. The van der Waals surface area contributed by atoms with Crippen LogP contribution in [0.3, 0.4) is 0 Å². The summed E-state index contributed by atoms with van der Waals surface area (Å²) >= 11 is 1.66. The molecule has 1 saturated heterocycles. The molecule has 1 aromatic heterocycles. The van der Waals surface area contributed by atoms with Gasteiger partial charge in [-0.05, 0) is 42.5 Å². The van der Waals surface area contributed by atoms with Gasteiger partial charge in [-0.15, -0.1) is 0 Å². The van der Waals surface area contributed by atoms with Gasteiger partial charge < -0.3 is 9.32 Å². The summed E-state index contributed by atoms with van der Waals surface area (Å²) in [4.78, 5) is 14.3. The Labute approximate surface area is 133 Å². The maximum Gasteiger partial charge on any atom is 0.289 e. The molecule has 116 valence electrons. The van der Waals surface area contributed by atoms with Crippen LogP contribution >= 0.6 is 11.8 Å². The van der Waals surface area contributed by atoms with Gasteiger partial charge in [-0.3, -0.25) is 4.79 Å². The van der Waals surface area contributed by atoms with Crippen molar-refractivity contribution in [3.8, 4) is 0 Å². The van der Waals surface area contributed by atoms with Gasteiger partial charge in [-0.2, -0.15) is 11.8 Å². The molecular weight excluding hydrogens is 301 g/mol. The summed E-state index contributed by atoms with van der Waals surface area (Å²) in [5.74, 6) is 1.98. The monoisotopic (exact) mass is 319 g/mol. The first-order chi connectivity index (χ1) is 10.7. The van der Waals surface area contributed by atoms with Crippen LogP contribution in [-0.2, 0) is 5.75 Å². The molecule has 1 aromatic carbocycles. The van der Waals surface area contributed by atoms with Crippen LogP contribution in [0.5, 0.6) is 0 Å². The van der Waals surface area contributed by atoms with Crippen LogP contribution in [0.2, 0.25) is 0 Å². The highest BCUT2D eigenvalue weighted by Crippen LogP contribution is 2.28. The Morgan fingerprint density at radius 3 is 2.82 bits per heavy atom. The molecule has 1 amide bonds. The van der Waals surface area contributed by atoms with Gasteiger partial charge in [0.1, 0.15) is 11.6 Å². The molecule has 1 unspecified atom stereocenters. The van der Waals surface area contributed by atoms with Gasteiger partial charge in [0.25, 0.3) is 5.91 Å². The van der Waals surface area contributed by atoms with E-state index in [4.69, 9.17) is 4.42 Å². The molecule has 0 bridgehead atoms. The lowest BCUT2D eigenvalue weighted by Gasteiger charge is -2.15. The van der Waals surface area contributed by atoms with Crippen molar-refractivity contribution in [2.75, 3.05) is 19.3 Å². The van der Waals surface area contributed by atoms with E-state index in [-0.39, 0.29) is 17.6 Å². The maximum atomic E-state index is 13.0. The molecule has 3 nitrogen and oxygen atoms in total. The number of carbonyl (C=O) groups is 1. The van der Waals surface area contributed by atoms with Crippen molar-refractivity contribution in [1.82, 2.24) is 4.90 Å². The van der Waals surface area contributed by atoms with Crippen LogP contribution in [0, 0.1) is 5.82 Å². The normalized spacial score (nSPS) is 17.9. The number of amides is 1. The number of halogens is 1. The molecule has 2 aromatic rings. The number of hydrogen-bond donors (Lipinski definition) is 0. The van der Waals surface area contributed by atoms with Gasteiger partial charge in [0.05, 0.1) is 5.75 Å². The second-order valence-electron chi connectivity index (χ2n) is 5.49. The summed E-state index contributed by atoms with van der Waals surface area (Å²) in [6.45, 7) is 1.36. The zero-order valence-corrected chi connectivity index (χ0v) is 13.2. The van der Waals surface area contributed by atoms with E-state index in [9.17, 15) is 9.18 Å². The van der Waals surface area contributed by atoms with Crippen molar-refractivity contribution in [1.29, 1.82) is 0 Å². The number of hydrogen-bond acceptors (Lipinski definition) is 3. The number of nitrogens with zero attached hydrogens (tertiary/aromatic N) is 1. The highest BCUT2D eigenvalue weighted by Gasteiger charge is 2.29. The summed E-state index contributed by atoms with van der Waals surface area (Å²) in [5.41, 5.74) is 1.08. The Hall–Kier alpha value is -1.75. The molecule has 2 heterocycles. The second kappa shape index (κ2) is 6.57. The minimum atomic E-state index is -0.230. The lowest BCUT2D eigenvalue weighted by atomic mass is 9.99. The average molecular weight is 319 g/mol. The summed E-state index contributed by atoms with van der Waals surface area (Å²) in [6, 6.07) is 10.2. The predicted octanol–water partition coefficient (Wildman–Crippen LogP) is 3.91. The lowest BCUT2D eigenvalue weighted by Crippen LogP contribution is -2.28. The van der Waals surface area contributed by atoms with Crippen LogP contribution in [-0.4, -0.2) is 30.2 Å². The fraction of sp³-hybridized carbons (Fsp3) is 0.353. The number of carbonyl (C=O) groups excluding carboxylic acids is 1. The fourth-order valence-electron chi connectivity index (χ4n) is 2.82. The van der Waals surface area contributed by atoms with Crippen molar-refractivity contribution < 1.29 is 13.6 Å². The van der Waals surface area contributed by atoms with E-state index in [1.807, 2.05) is 17.2 Å². The molecule has 0 aliphatic carbocycles. The Morgan fingerprint density at radius 1 is 1.32 bits per heavy atom. The highest BCUT2D eigenvalue weighted by molar-refractivity contribution is 7.97. The number of rotatable bonds is 4. The molecular formula is C17H18FNO2S. The summed E-state index contributed by atoms with van der Waals surface area (Å²) in [7, 11) is 0. The van der Waals surface area contributed by atoms with Gasteiger partial charge in [0.2, 0.25) is 0 Å². The topological polar surface area (TPSA) is 33.5 Å². The Balaban J connectivity index is 1.66. The number of likely N-dealkylation sites (tertiary alicyclic amines) is 1. The largest absolute Gasteiger partial charge is 0.455 e. The van der Waals surface area contributed by atoms with E-state index in [1.165, 1.54) is 12.1 Å². The quantitative estimate of drug-likeness (QED) is 0.856. The van der Waals surface area contributed by atoms with E-state index >= 15 is 0 Å². The molecule has 1 aliphatic heterocycles. The molecule has 0 N–H and O–H groups in total. The van der Waals surface area contributed by atoms with Crippen LogP contribution in [0.15, 0.2) is 40.8 Å². The van der Waals surface area contributed by atoms with Gasteiger partial charge in [-0.1, -0.05) is 12.1 Å². The molecule has 0 radical (unpaired) electrons. The molecule has 1 aliphatic rings. The van der Waals surface area contributed by atoms with Crippen molar-refractivity contribution in [3.05, 3.63) is 59.3 Å². The standard InChI is InChI=1S/C17H18FNO2S/c1-22-11-15-6-7-16(21-15)17(20)19-9-8-13(10-19)12-2-4-14(18)5-3-12/h2-7,13H,8-11H2,1H3. The first kappa shape index (κ1) is 15.2. The van der Waals surface area contributed by atoms with E-state index in [0.29, 0.717) is 18.8 Å². The average Bonchev–Trinajstić information content (AvgIpc) is 3.17.